The van der Waals surface area contributed by atoms with Crippen LogP contribution in [0.5, 0.6) is 0 Å². The molecule has 0 spiro atoms. The fourth-order valence-electron chi connectivity index (χ4n) is 3.02. The molecule has 1 heterocycles. The van der Waals surface area contributed by atoms with Crippen molar-refractivity contribution in [1.82, 2.24) is 10.3 Å². The molecule has 2 N–H and O–H groups in total. The number of rotatable bonds is 7. The van der Waals surface area contributed by atoms with Gasteiger partial charge in [-0.2, -0.15) is 0 Å². The summed E-state index contributed by atoms with van der Waals surface area (Å²) in [5.41, 5.74) is 6.24. The van der Waals surface area contributed by atoms with Gasteiger partial charge in [-0.25, -0.2) is 4.98 Å². The number of hydrogen-bond acceptors (Lipinski definition) is 4. The summed E-state index contributed by atoms with van der Waals surface area (Å²) < 4.78 is 5.77. The molecule has 0 saturated carbocycles. The normalized spacial score (nSPS) is 10.7. The van der Waals surface area contributed by atoms with Crippen molar-refractivity contribution >= 4 is 17.5 Å². The Morgan fingerprint density at radius 3 is 2.53 bits per heavy atom. The molecule has 3 aromatic rings. The monoisotopic (exact) mass is 405 g/mol. The quantitative estimate of drug-likeness (QED) is 0.615. The molecule has 0 atom stereocenters. The van der Waals surface area contributed by atoms with Gasteiger partial charge < -0.3 is 15.1 Å². The highest BCUT2D eigenvalue weighted by atomic mass is 16.4. The standard InChI is InChI=1S/C24H27N3O3/c1-15-8-9-19(12-17(15)3)21-13-26-24(30-21)11-10-22(28)25-14-23(29)27-20-7-5-6-16(2)18(20)4/h5-9,12-13H,10-11,14H2,1-4H3,(H,25,28)(H,27,29). The van der Waals surface area contributed by atoms with Crippen LogP contribution >= 0.6 is 0 Å². The number of carbonyl (C=O) groups excluding carboxylic acids is 2. The minimum atomic E-state index is -0.259. The molecule has 0 aliphatic heterocycles. The second-order valence-electron chi connectivity index (χ2n) is 7.49. The van der Waals surface area contributed by atoms with Gasteiger partial charge in [-0.1, -0.05) is 24.3 Å². The maximum absolute atomic E-state index is 12.1. The number of oxazole rings is 1. The van der Waals surface area contributed by atoms with E-state index in [-0.39, 0.29) is 24.8 Å². The first-order valence-electron chi connectivity index (χ1n) is 9.98. The van der Waals surface area contributed by atoms with Crippen LogP contribution in [0.25, 0.3) is 11.3 Å². The first-order chi connectivity index (χ1) is 14.3. The Morgan fingerprint density at radius 2 is 1.77 bits per heavy atom. The number of benzene rings is 2. The van der Waals surface area contributed by atoms with Gasteiger partial charge in [0.25, 0.3) is 0 Å². The number of nitrogens with one attached hydrogen (secondary N) is 2. The van der Waals surface area contributed by atoms with E-state index in [9.17, 15) is 9.59 Å². The summed E-state index contributed by atoms with van der Waals surface area (Å²) in [6.07, 6.45) is 2.24. The molecule has 0 bridgehead atoms. The number of anilines is 1. The number of aromatic nitrogens is 1. The lowest BCUT2D eigenvalue weighted by Crippen LogP contribution is -2.33. The van der Waals surface area contributed by atoms with Crippen LogP contribution in [-0.4, -0.2) is 23.3 Å². The van der Waals surface area contributed by atoms with Gasteiger partial charge in [0.2, 0.25) is 11.8 Å². The Bertz CT molecular complexity index is 1070. The van der Waals surface area contributed by atoms with Crippen molar-refractivity contribution in [3.63, 3.8) is 0 Å². The Balaban J connectivity index is 1.47. The third-order valence-electron chi connectivity index (χ3n) is 5.24. The summed E-state index contributed by atoms with van der Waals surface area (Å²) in [5, 5.41) is 5.46. The lowest BCUT2D eigenvalue weighted by Gasteiger charge is -2.10. The molecular weight excluding hydrogens is 378 g/mol. The summed E-state index contributed by atoms with van der Waals surface area (Å²) in [7, 11) is 0. The predicted molar refractivity (Wildman–Crippen MR) is 117 cm³/mol. The van der Waals surface area contributed by atoms with Crippen molar-refractivity contribution in [2.24, 2.45) is 0 Å². The minimum Gasteiger partial charge on any atom is -0.441 e. The third kappa shape index (κ3) is 5.35. The van der Waals surface area contributed by atoms with Crippen molar-refractivity contribution in [3.8, 4) is 11.3 Å². The zero-order valence-electron chi connectivity index (χ0n) is 17.8. The van der Waals surface area contributed by atoms with Crippen molar-refractivity contribution in [3.05, 3.63) is 70.7 Å². The van der Waals surface area contributed by atoms with Crippen molar-refractivity contribution in [2.75, 3.05) is 11.9 Å². The zero-order chi connectivity index (χ0) is 21.7. The van der Waals surface area contributed by atoms with E-state index >= 15 is 0 Å². The summed E-state index contributed by atoms with van der Waals surface area (Å²) in [6, 6.07) is 11.8. The molecule has 0 aliphatic rings. The van der Waals surface area contributed by atoms with Gasteiger partial charge in [0, 0.05) is 24.1 Å². The number of amides is 2. The number of nitrogens with zero attached hydrogens (tertiary/aromatic N) is 1. The molecule has 156 valence electrons. The van der Waals surface area contributed by atoms with E-state index in [0.717, 1.165) is 22.4 Å². The molecule has 2 aromatic carbocycles. The van der Waals surface area contributed by atoms with Crippen molar-refractivity contribution in [2.45, 2.75) is 40.5 Å². The molecule has 6 nitrogen and oxygen atoms in total. The van der Waals surface area contributed by atoms with Gasteiger partial charge in [0.05, 0.1) is 12.7 Å². The fourth-order valence-corrected chi connectivity index (χ4v) is 3.02. The molecular formula is C24H27N3O3. The lowest BCUT2D eigenvalue weighted by atomic mass is 10.1. The smallest absolute Gasteiger partial charge is 0.243 e. The molecule has 30 heavy (non-hydrogen) atoms. The van der Waals surface area contributed by atoms with Crippen LogP contribution in [0.4, 0.5) is 5.69 Å². The van der Waals surface area contributed by atoms with Gasteiger partial charge in [-0.3, -0.25) is 9.59 Å². The van der Waals surface area contributed by atoms with E-state index in [1.54, 1.807) is 6.20 Å². The zero-order valence-corrected chi connectivity index (χ0v) is 17.8. The molecule has 3 rings (SSSR count). The van der Waals surface area contributed by atoms with Crippen LogP contribution in [0, 0.1) is 27.7 Å². The van der Waals surface area contributed by atoms with Crippen LogP contribution in [0.15, 0.2) is 47.0 Å². The van der Waals surface area contributed by atoms with Gasteiger partial charge in [0.1, 0.15) is 0 Å². The molecule has 0 fully saturated rings. The maximum Gasteiger partial charge on any atom is 0.243 e. The van der Waals surface area contributed by atoms with E-state index in [1.165, 1.54) is 11.1 Å². The second kappa shape index (κ2) is 9.39. The van der Waals surface area contributed by atoms with Gasteiger partial charge in [-0.15, -0.1) is 0 Å². The Labute approximate surface area is 176 Å². The van der Waals surface area contributed by atoms with Gasteiger partial charge >= 0.3 is 0 Å². The number of hydrogen-bond donors (Lipinski definition) is 2. The Morgan fingerprint density at radius 1 is 0.967 bits per heavy atom. The topological polar surface area (TPSA) is 84.2 Å². The second-order valence-corrected chi connectivity index (χ2v) is 7.49. The summed E-state index contributed by atoms with van der Waals surface area (Å²) in [5.74, 6) is 0.696. The summed E-state index contributed by atoms with van der Waals surface area (Å²) in [6.45, 7) is 7.97. The Hall–Kier alpha value is -3.41. The first-order valence-corrected chi connectivity index (χ1v) is 9.98. The maximum atomic E-state index is 12.1. The van der Waals surface area contributed by atoms with Crippen LogP contribution < -0.4 is 10.6 Å². The molecule has 1 aromatic heterocycles. The average Bonchev–Trinajstić information content (AvgIpc) is 3.19. The van der Waals surface area contributed by atoms with E-state index in [2.05, 4.69) is 35.5 Å². The number of carbonyl (C=O) groups is 2. The number of aryl methyl sites for hydroxylation is 4. The van der Waals surface area contributed by atoms with Crippen LogP contribution in [0.2, 0.25) is 0 Å². The van der Waals surface area contributed by atoms with E-state index in [4.69, 9.17) is 4.42 Å². The first kappa shape index (κ1) is 21.3. The molecule has 0 unspecified atom stereocenters. The molecule has 0 aliphatic carbocycles. The summed E-state index contributed by atoms with van der Waals surface area (Å²) in [4.78, 5) is 28.5. The van der Waals surface area contributed by atoms with Crippen molar-refractivity contribution in [1.29, 1.82) is 0 Å². The third-order valence-corrected chi connectivity index (χ3v) is 5.24. The van der Waals surface area contributed by atoms with Gasteiger partial charge in [-0.05, 0) is 62.1 Å². The SMILES string of the molecule is Cc1ccc(-c2cnc(CCC(=O)NCC(=O)Nc3cccc(C)c3C)o2)cc1C. The average molecular weight is 405 g/mol. The van der Waals surface area contributed by atoms with E-state index < -0.39 is 0 Å². The minimum absolute atomic E-state index is 0.0777. The fraction of sp³-hybridized carbons (Fsp3) is 0.292. The largest absolute Gasteiger partial charge is 0.441 e. The van der Waals surface area contributed by atoms with Crippen LogP contribution in [0.1, 0.15) is 34.6 Å². The van der Waals surface area contributed by atoms with E-state index in [1.807, 2.05) is 44.2 Å². The summed E-state index contributed by atoms with van der Waals surface area (Å²) >= 11 is 0. The van der Waals surface area contributed by atoms with Crippen LogP contribution in [0.3, 0.4) is 0 Å². The molecule has 6 heteroatoms. The Kier molecular flexibility index (Phi) is 6.67. The highest BCUT2D eigenvalue weighted by molar-refractivity contribution is 5.95. The van der Waals surface area contributed by atoms with Crippen LogP contribution in [-0.2, 0) is 16.0 Å². The van der Waals surface area contributed by atoms with Gasteiger partial charge in [0.15, 0.2) is 11.7 Å². The molecule has 0 radical (unpaired) electrons. The highest BCUT2D eigenvalue weighted by Crippen LogP contribution is 2.23. The molecule has 0 saturated heterocycles. The van der Waals surface area contributed by atoms with E-state index in [0.29, 0.717) is 18.1 Å². The lowest BCUT2D eigenvalue weighted by molar-refractivity contribution is -0.124. The van der Waals surface area contributed by atoms with Crippen molar-refractivity contribution < 1.29 is 14.0 Å². The predicted octanol–water partition coefficient (Wildman–Crippen LogP) is 4.26. The highest BCUT2D eigenvalue weighted by Gasteiger charge is 2.11. The molecule has 2 amide bonds.